The van der Waals surface area contributed by atoms with E-state index in [4.69, 9.17) is 14.4 Å². The van der Waals surface area contributed by atoms with Gasteiger partial charge in [0.05, 0.1) is 11.3 Å². The molecule has 0 saturated carbocycles. The predicted octanol–water partition coefficient (Wildman–Crippen LogP) is 15.2. The van der Waals surface area contributed by atoms with Crippen molar-refractivity contribution in [2.24, 2.45) is 10.4 Å². The topological polar surface area (TPSA) is 38.4 Å². The molecule has 8 aromatic rings. The van der Waals surface area contributed by atoms with Crippen LogP contribution in [0.25, 0.3) is 44.3 Å². The zero-order chi connectivity index (χ0) is 43.1. The summed E-state index contributed by atoms with van der Waals surface area (Å²) in [5.74, 6) is 8.00. The average molecular weight is 1050 g/mol. The van der Waals surface area contributed by atoms with E-state index in [2.05, 4.69) is 181 Å². The molecule has 0 saturated heterocycles. The first-order valence-corrected chi connectivity index (χ1v) is 29.2. The number of hydrogen-bond donors (Lipinski definition) is 0. The van der Waals surface area contributed by atoms with Gasteiger partial charge in [-0.05, 0) is 63.1 Å². The molecule has 3 nitrogen and oxygen atoms in total. The molecular formula is C57H58GeIrN2O-2. The summed E-state index contributed by atoms with van der Waals surface area (Å²) in [6.45, 7) is 16.1. The van der Waals surface area contributed by atoms with Crippen LogP contribution in [0.1, 0.15) is 99.6 Å². The van der Waals surface area contributed by atoms with Gasteiger partial charge >= 0.3 is 132 Å². The summed E-state index contributed by atoms with van der Waals surface area (Å²) >= 11 is -1.90. The molecule has 6 aromatic carbocycles. The van der Waals surface area contributed by atoms with Crippen molar-refractivity contribution in [2.45, 2.75) is 89.9 Å². The van der Waals surface area contributed by atoms with Crippen LogP contribution in [0.3, 0.4) is 0 Å². The average Bonchev–Trinajstić information content (AvgIpc) is 3.82. The maximum Gasteiger partial charge on any atom is 0.120 e. The summed E-state index contributed by atoms with van der Waals surface area (Å²) in [4.78, 5) is 10.0. The van der Waals surface area contributed by atoms with Crippen molar-refractivity contribution < 1.29 is 24.5 Å². The molecule has 0 N–H and O–H groups in total. The number of furan rings is 1. The van der Waals surface area contributed by atoms with Gasteiger partial charge in [0.1, 0.15) is 5.58 Å². The third-order valence-electron chi connectivity index (χ3n) is 11.7. The number of nitrogens with zero attached hydrogens (tertiary/aromatic N) is 2. The minimum absolute atomic E-state index is 0. The quantitative estimate of drug-likeness (QED) is 0.112. The Kier molecular flexibility index (Phi) is 13.4. The number of pyridine rings is 1. The van der Waals surface area contributed by atoms with Crippen molar-refractivity contribution in [2.75, 3.05) is 0 Å². The summed E-state index contributed by atoms with van der Waals surface area (Å²) in [6, 6.07) is 53.8. The maximum absolute atomic E-state index is 6.50. The van der Waals surface area contributed by atoms with Gasteiger partial charge in [-0.3, -0.25) is 4.99 Å². The standard InChI is InChI=1S/C38H32NO.C19H26GeN.Ir/c1-23(2)31-21-26(25-13-6-5-7-14-25)22-32(24(3)4)35(31)36-29-16-8-10-19-33(29)39-37(36)30-18-12-17-28-27-15-9-11-20-34(27)40-38(28)30;1-19(2,3)13-16-12-18(15-10-8-7-9-11-15)21-14-17(16)20(4,5)6;/h5-17,19-24,36H,1-4H3;7-10,12,14H,13H2,1-6H3;/q2*-1;. The molecule has 1 atom stereocenters. The van der Waals surface area contributed by atoms with Gasteiger partial charge in [0.15, 0.2) is 0 Å². The Labute approximate surface area is 385 Å². The largest absolute Gasteiger partial charge is 0.501 e. The van der Waals surface area contributed by atoms with E-state index >= 15 is 0 Å². The molecule has 1 aliphatic heterocycles. The van der Waals surface area contributed by atoms with Gasteiger partial charge in [-0.25, -0.2) is 0 Å². The van der Waals surface area contributed by atoms with Crippen LogP contribution in [-0.2, 0) is 26.5 Å². The van der Waals surface area contributed by atoms with Crippen molar-refractivity contribution in [1.29, 1.82) is 0 Å². The van der Waals surface area contributed by atoms with Gasteiger partial charge in [0.2, 0.25) is 0 Å². The van der Waals surface area contributed by atoms with Crippen LogP contribution < -0.4 is 4.40 Å². The second kappa shape index (κ2) is 18.5. The number of rotatable bonds is 8. The van der Waals surface area contributed by atoms with Crippen LogP contribution in [0.4, 0.5) is 5.69 Å². The Hall–Kier alpha value is -4.87. The molecule has 317 valence electrons. The SMILES string of the molecule is CC(C)(C)Cc1cc(-c2[c-]cccc2)nc[c]1[Ge]([CH3])([CH3])[CH3].CC(C)c1cc(-c2ccccc2)cc(C(C)C)c1C1C(c2[c-]ccc3c2oc2ccccc23)=Nc2ccccc21.[Ir]. The number of fused-ring (bicyclic) bond motifs is 4. The Morgan fingerprint density at radius 3 is 2.02 bits per heavy atom. The van der Waals surface area contributed by atoms with Crippen molar-refractivity contribution in [1.82, 2.24) is 4.98 Å². The van der Waals surface area contributed by atoms with Crippen LogP contribution in [0.5, 0.6) is 0 Å². The molecule has 1 unspecified atom stereocenters. The molecule has 0 bridgehead atoms. The van der Waals surface area contributed by atoms with Crippen molar-refractivity contribution in [3.05, 3.63) is 185 Å². The maximum atomic E-state index is 6.50. The summed E-state index contributed by atoms with van der Waals surface area (Å²) in [7, 11) is 0. The summed E-state index contributed by atoms with van der Waals surface area (Å²) in [6.07, 6.45) is 3.24. The number of para-hydroxylation sites is 2. The number of aliphatic imine (C=N–C) groups is 1. The van der Waals surface area contributed by atoms with Crippen LogP contribution >= 0.6 is 0 Å². The molecule has 62 heavy (non-hydrogen) atoms. The predicted molar refractivity (Wildman–Crippen MR) is 262 cm³/mol. The van der Waals surface area contributed by atoms with E-state index in [0.29, 0.717) is 17.3 Å². The molecular weight excluding hydrogens is 993 g/mol. The van der Waals surface area contributed by atoms with E-state index in [0.717, 1.165) is 56.6 Å². The Balaban J connectivity index is 0.000000223. The molecule has 2 aromatic heterocycles. The number of benzene rings is 6. The molecule has 1 radical (unpaired) electrons. The van der Waals surface area contributed by atoms with Crippen LogP contribution in [0.2, 0.25) is 17.3 Å². The zero-order valence-electron chi connectivity index (χ0n) is 37.9. The van der Waals surface area contributed by atoms with Gasteiger partial charge < -0.3 is 4.42 Å². The smallest absolute Gasteiger partial charge is 0.120 e. The molecule has 0 fully saturated rings. The monoisotopic (exact) mass is 1050 g/mol. The van der Waals surface area contributed by atoms with Crippen LogP contribution in [-0.4, -0.2) is 24.0 Å². The first-order valence-electron chi connectivity index (χ1n) is 21.9. The summed E-state index contributed by atoms with van der Waals surface area (Å²) < 4.78 is 8.03. The van der Waals surface area contributed by atoms with Crippen LogP contribution in [0.15, 0.2) is 149 Å². The summed E-state index contributed by atoms with van der Waals surface area (Å²) in [5, 5.41) is 2.23. The number of aromatic nitrogens is 1. The zero-order valence-corrected chi connectivity index (χ0v) is 42.3. The Bertz CT molecular complexity index is 2830. The van der Waals surface area contributed by atoms with Crippen molar-refractivity contribution in [3.63, 3.8) is 0 Å². The molecule has 9 rings (SSSR count). The van der Waals surface area contributed by atoms with Crippen molar-refractivity contribution >= 4 is 51.0 Å². The minimum atomic E-state index is -1.90. The Morgan fingerprint density at radius 2 is 1.35 bits per heavy atom. The fraction of sp³-hybridized carbons (Fsp3) is 0.263. The van der Waals surface area contributed by atoms with Gasteiger partial charge in [0, 0.05) is 31.4 Å². The summed E-state index contributed by atoms with van der Waals surface area (Å²) in [5.41, 5.74) is 16.5. The fourth-order valence-electron chi connectivity index (χ4n) is 8.92. The van der Waals surface area contributed by atoms with E-state index in [1.807, 2.05) is 36.4 Å². The molecule has 3 heterocycles. The van der Waals surface area contributed by atoms with E-state index in [1.165, 1.54) is 43.3 Å². The minimum Gasteiger partial charge on any atom is -0.501 e. The molecule has 5 heteroatoms. The fourth-order valence-corrected chi connectivity index (χ4v) is 12.2. The third-order valence-corrected chi connectivity index (χ3v) is 16.1. The van der Waals surface area contributed by atoms with Crippen molar-refractivity contribution in [3.8, 4) is 22.4 Å². The third kappa shape index (κ3) is 9.40. The van der Waals surface area contributed by atoms with Gasteiger partial charge in [-0.2, -0.15) is 0 Å². The van der Waals surface area contributed by atoms with Gasteiger partial charge in [-0.15, -0.1) is 18.2 Å². The number of hydrogen-bond acceptors (Lipinski definition) is 3. The molecule has 0 amide bonds. The first-order chi connectivity index (χ1) is 29.2. The van der Waals surface area contributed by atoms with Gasteiger partial charge in [0.25, 0.3) is 0 Å². The second-order valence-electron chi connectivity index (χ2n) is 19.4. The Morgan fingerprint density at radius 1 is 0.694 bits per heavy atom. The second-order valence-corrected chi connectivity index (χ2v) is 30.0. The first kappa shape index (κ1) is 45.2. The normalized spacial score (nSPS) is 13.8. The molecule has 0 aliphatic carbocycles. The molecule has 1 aliphatic rings. The van der Waals surface area contributed by atoms with E-state index in [1.54, 1.807) is 0 Å². The van der Waals surface area contributed by atoms with Gasteiger partial charge in [-0.1, -0.05) is 118 Å². The van der Waals surface area contributed by atoms with E-state index < -0.39 is 13.3 Å². The van der Waals surface area contributed by atoms with Crippen LogP contribution in [0, 0.1) is 17.5 Å². The molecule has 0 spiro atoms. The van der Waals surface area contributed by atoms with E-state index in [-0.39, 0.29) is 26.0 Å². The van der Waals surface area contributed by atoms with E-state index in [9.17, 15) is 0 Å².